The maximum atomic E-state index is 13.1. The molecule has 2 saturated heterocycles. The number of carbonyl (C=O) groups excluding carboxylic acids is 1. The standard InChI is InChI=1S/C54H101NO13/c1-3-5-7-9-11-13-15-16-17-18-19-20-21-22-23-24-25-26-28-29-31-33-35-37-43(58)42(55-46(59)38-36-34-32-30-27-14-12-10-8-6-4-2)41-65-53-51(64)49(62)52(45(40-57)67-53)68-54-50(63)48(61)47(60)44(39-56)66-54/h28-29,35,37,42-45,47-54,56-58,60-64H,3-27,30-34,36,38-41H2,1-2H3,(H,55,59)/b29-28+,37-35+. The molecule has 2 aliphatic heterocycles. The van der Waals surface area contributed by atoms with Gasteiger partial charge in [-0.05, 0) is 32.1 Å². The van der Waals surface area contributed by atoms with Crippen molar-refractivity contribution in [3.63, 3.8) is 0 Å². The summed E-state index contributed by atoms with van der Waals surface area (Å²) in [5.41, 5.74) is 0. The highest BCUT2D eigenvalue weighted by molar-refractivity contribution is 5.76. The Balaban J connectivity index is 1.79. The lowest BCUT2D eigenvalue weighted by molar-refractivity contribution is -0.359. The number of aliphatic hydroxyl groups excluding tert-OH is 8. The molecule has 0 saturated carbocycles. The Morgan fingerprint density at radius 3 is 1.44 bits per heavy atom. The first-order chi connectivity index (χ1) is 33.1. The summed E-state index contributed by atoms with van der Waals surface area (Å²) in [6.45, 7) is 2.77. The summed E-state index contributed by atoms with van der Waals surface area (Å²) in [5, 5.41) is 86.8. The van der Waals surface area contributed by atoms with Crippen LogP contribution in [0, 0.1) is 0 Å². The molecular weight excluding hydrogens is 871 g/mol. The molecule has 0 aromatic carbocycles. The Labute approximate surface area is 411 Å². The first kappa shape index (κ1) is 62.6. The lowest BCUT2D eigenvalue weighted by atomic mass is 9.97. The van der Waals surface area contributed by atoms with E-state index in [1.54, 1.807) is 6.08 Å². The second kappa shape index (κ2) is 41.0. The van der Waals surface area contributed by atoms with Crippen molar-refractivity contribution in [1.29, 1.82) is 0 Å². The van der Waals surface area contributed by atoms with Crippen LogP contribution in [0.5, 0.6) is 0 Å². The molecule has 2 heterocycles. The van der Waals surface area contributed by atoms with Crippen LogP contribution in [-0.2, 0) is 23.7 Å². The maximum Gasteiger partial charge on any atom is 0.220 e. The molecule has 2 fully saturated rings. The molecular formula is C54H101NO13. The van der Waals surface area contributed by atoms with E-state index < -0.39 is 86.8 Å². The highest BCUT2D eigenvalue weighted by atomic mass is 16.7. The van der Waals surface area contributed by atoms with Crippen molar-refractivity contribution in [2.75, 3.05) is 19.8 Å². The van der Waals surface area contributed by atoms with Crippen LogP contribution in [0.4, 0.5) is 0 Å². The van der Waals surface area contributed by atoms with Gasteiger partial charge in [0, 0.05) is 6.42 Å². The topological polar surface area (TPSA) is 228 Å². The molecule has 14 heteroatoms. The van der Waals surface area contributed by atoms with E-state index in [0.29, 0.717) is 12.8 Å². The van der Waals surface area contributed by atoms with Crippen molar-refractivity contribution in [2.45, 2.75) is 293 Å². The van der Waals surface area contributed by atoms with Gasteiger partial charge < -0.3 is 65.1 Å². The number of rotatable bonds is 43. The second-order valence-corrected chi connectivity index (χ2v) is 19.7. The van der Waals surface area contributed by atoms with E-state index in [0.717, 1.165) is 32.1 Å². The molecule has 68 heavy (non-hydrogen) atoms. The lowest BCUT2D eigenvalue weighted by Crippen LogP contribution is -2.65. The Bertz CT molecular complexity index is 1240. The summed E-state index contributed by atoms with van der Waals surface area (Å²) in [4.78, 5) is 13.1. The van der Waals surface area contributed by atoms with Crippen molar-refractivity contribution < 1.29 is 64.6 Å². The van der Waals surface area contributed by atoms with Gasteiger partial charge in [-0.2, -0.15) is 0 Å². The molecule has 0 spiro atoms. The molecule has 0 aromatic heterocycles. The van der Waals surface area contributed by atoms with Gasteiger partial charge >= 0.3 is 0 Å². The zero-order valence-corrected chi connectivity index (χ0v) is 42.6. The first-order valence-electron chi connectivity index (χ1n) is 27.6. The third-order valence-corrected chi connectivity index (χ3v) is 13.6. The molecule has 2 aliphatic rings. The Morgan fingerprint density at radius 1 is 0.515 bits per heavy atom. The second-order valence-electron chi connectivity index (χ2n) is 19.7. The van der Waals surface area contributed by atoms with Crippen LogP contribution in [0.1, 0.15) is 219 Å². The van der Waals surface area contributed by atoms with Gasteiger partial charge in [0.2, 0.25) is 5.91 Å². The van der Waals surface area contributed by atoms with Gasteiger partial charge in [-0.1, -0.05) is 205 Å². The van der Waals surface area contributed by atoms with Crippen molar-refractivity contribution in [3.05, 3.63) is 24.3 Å². The molecule has 2 rings (SSSR count). The van der Waals surface area contributed by atoms with E-state index in [2.05, 4.69) is 31.3 Å². The number of carbonyl (C=O) groups is 1. The summed E-state index contributed by atoms with van der Waals surface area (Å²) in [7, 11) is 0. The Kier molecular flexibility index (Phi) is 37.7. The summed E-state index contributed by atoms with van der Waals surface area (Å²) >= 11 is 0. The summed E-state index contributed by atoms with van der Waals surface area (Å²) in [6, 6.07) is -0.926. The van der Waals surface area contributed by atoms with Gasteiger partial charge in [-0.3, -0.25) is 4.79 Å². The van der Waals surface area contributed by atoms with Gasteiger partial charge in [0.05, 0.1) is 32.0 Å². The third kappa shape index (κ3) is 27.3. The molecule has 1 amide bonds. The number of hydrogen-bond acceptors (Lipinski definition) is 13. The fraction of sp³-hybridized carbons (Fsp3) is 0.907. The highest BCUT2D eigenvalue weighted by Crippen LogP contribution is 2.30. The summed E-state index contributed by atoms with van der Waals surface area (Å²) < 4.78 is 22.7. The monoisotopic (exact) mass is 972 g/mol. The molecule has 0 radical (unpaired) electrons. The van der Waals surface area contributed by atoms with Gasteiger partial charge in [0.25, 0.3) is 0 Å². The quantitative estimate of drug-likeness (QED) is 0.0208. The maximum absolute atomic E-state index is 13.1. The van der Waals surface area contributed by atoms with E-state index in [1.807, 2.05) is 6.08 Å². The lowest BCUT2D eigenvalue weighted by Gasteiger charge is -2.46. The smallest absolute Gasteiger partial charge is 0.220 e. The van der Waals surface area contributed by atoms with E-state index in [4.69, 9.17) is 18.9 Å². The fourth-order valence-corrected chi connectivity index (χ4v) is 9.13. The molecule has 0 aliphatic carbocycles. The molecule has 400 valence electrons. The number of nitrogens with one attached hydrogen (secondary N) is 1. The van der Waals surface area contributed by atoms with Crippen LogP contribution in [0.25, 0.3) is 0 Å². The summed E-state index contributed by atoms with van der Waals surface area (Å²) in [5.74, 6) is -0.249. The van der Waals surface area contributed by atoms with E-state index in [-0.39, 0.29) is 18.9 Å². The molecule has 12 unspecified atom stereocenters. The SMILES string of the molecule is CCCCCCCCCCCCCCCCCCC/C=C/CC/C=C/C(O)C(COC1OC(CO)C(OC2OC(CO)C(O)C(O)C2O)C(O)C1O)NC(=O)CCCCCCCCCCCCC. The highest BCUT2D eigenvalue weighted by Gasteiger charge is 2.51. The van der Waals surface area contributed by atoms with E-state index >= 15 is 0 Å². The summed E-state index contributed by atoms with van der Waals surface area (Å²) in [6.07, 6.45) is 29.5. The minimum atomic E-state index is -1.79. The fourth-order valence-electron chi connectivity index (χ4n) is 9.13. The number of allylic oxidation sites excluding steroid dienone is 3. The van der Waals surface area contributed by atoms with Crippen molar-refractivity contribution in [3.8, 4) is 0 Å². The Hall–Kier alpha value is -1.53. The van der Waals surface area contributed by atoms with Crippen molar-refractivity contribution in [2.24, 2.45) is 0 Å². The average Bonchev–Trinajstić information content (AvgIpc) is 3.34. The van der Waals surface area contributed by atoms with Gasteiger partial charge in [-0.15, -0.1) is 0 Å². The first-order valence-corrected chi connectivity index (χ1v) is 27.6. The van der Waals surface area contributed by atoms with Crippen molar-refractivity contribution >= 4 is 5.91 Å². The van der Waals surface area contributed by atoms with Crippen LogP contribution in [0.15, 0.2) is 24.3 Å². The minimum Gasteiger partial charge on any atom is -0.394 e. The van der Waals surface area contributed by atoms with Crippen LogP contribution in [0.2, 0.25) is 0 Å². The predicted octanol–water partition coefficient (Wildman–Crippen LogP) is 8.11. The number of ether oxygens (including phenoxy) is 4. The Morgan fingerprint density at radius 2 is 0.941 bits per heavy atom. The van der Waals surface area contributed by atoms with Crippen molar-refractivity contribution in [1.82, 2.24) is 5.32 Å². The molecule has 0 aromatic rings. The number of amides is 1. The zero-order valence-electron chi connectivity index (χ0n) is 42.6. The molecule has 9 N–H and O–H groups in total. The van der Waals surface area contributed by atoms with Crippen LogP contribution in [0.3, 0.4) is 0 Å². The van der Waals surface area contributed by atoms with E-state index in [1.165, 1.54) is 154 Å². The molecule has 14 nitrogen and oxygen atoms in total. The zero-order chi connectivity index (χ0) is 49.6. The number of aliphatic hydroxyl groups is 8. The number of unbranched alkanes of at least 4 members (excludes halogenated alkanes) is 28. The van der Waals surface area contributed by atoms with Crippen LogP contribution >= 0.6 is 0 Å². The van der Waals surface area contributed by atoms with Crippen LogP contribution in [-0.4, -0.2) is 140 Å². The van der Waals surface area contributed by atoms with Gasteiger partial charge in [0.1, 0.15) is 48.8 Å². The molecule has 0 bridgehead atoms. The van der Waals surface area contributed by atoms with Gasteiger partial charge in [-0.25, -0.2) is 0 Å². The largest absolute Gasteiger partial charge is 0.394 e. The molecule has 12 atom stereocenters. The predicted molar refractivity (Wildman–Crippen MR) is 268 cm³/mol. The minimum absolute atomic E-state index is 0.249. The normalized spacial score (nSPS) is 26.5. The van der Waals surface area contributed by atoms with E-state index in [9.17, 15) is 45.6 Å². The number of hydrogen-bond donors (Lipinski definition) is 9. The van der Waals surface area contributed by atoms with Crippen LogP contribution < -0.4 is 5.32 Å². The average molecular weight is 972 g/mol. The third-order valence-electron chi connectivity index (χ3n) is 13.6. The van der Waals surface area contributed by atoms with Gasteiger partial charge in [0.15, 0.2) is 12.6 Å².